The molecule has 0 spiro atoms. The molecule has 0 aliphatic carbocycles. The standard InChI is InChI=1S/C12H16N2O3/c1-8(9(2)15)13-12(16)14-10-4-6-11(17-3)7-5-10/h4-8H,1-3H3,(H2,13,14,16). The molecule has 1 atom stereocenters. The number of carbonyl (C=O) groups is 2. The van der Waals surface area contributed by atoms with Crippen LogP contribution in [0.2, 0.25) is 0 Å². The maximum Gasteiger partial charge on any atom is 0.319 e. The molecule has 5 heteroatoms. The molecule has 0 saturated carbocycles. The van der Waals surface area contributed by atoms with Gasteiger partial charge in [0, 0.05) is 5.69 Å². The molecule has 0 fully saturated rings. The van der Waals surface area contributed by atoms with Gasteiger partial charge in [-0.05, 0) is 38.1 Å². The quantitative estimate of drug-likeness (QED) is 0.837. The summed E-state index contributed by atoms with van der Waals surface area (Å²) in [5.41, 5.74) is 0.638. The average Bonchev–Trinajstić information content (AvgIpc) is 2.29. The molecule has 0 heterocycles. The maximum atomic E-state index is 11.5. The van der Waals surface area contributed by atoms with Gasteiger partial charge in [0.1, 0.15) is 5.75 Å². The number of urea groups is 1. The smallest absolute Gasteiger partial charge is 0.319 e. The lowest BCUT2D eigenvalue weighted by Crippen LogP contribution is -2.39. The van der Waals surface area contributed by atoms with E-state index in [1.54, 1.807) is 38.3 Å². The molecule has 1 unspecified atom stereocenters. The van der Waals surface area contributed by atoms with Gasteiger partial charge in [0.25, 0.3) is 0 Å². The van der Waals surface area contributed by atoms with Crippen LogP contribution in [0.25, 0.3) is 0 Å². The molecule has 0 bridgehead atoms. The van der Waals surface area contributed by atoms with Crippen molar-refractivity contribution in [3.63, 3.8) is 0 Å². The van der Waals surface area contributed by atoms with Gasteiger partial charge in [-0.1, -0.05) is 0 Å². The highest BCUT2D eigenvalue weighted by Crippen LogP contribution is 2.14. The van der Waals surface area contributed by atoms with Crippen molar-refractivity contribution in [2.75, 3.05) is 12.4 Å². The third kappa shape index (κ3) is 4.14. The van der Waals surface area contributed by atoms with Crippen molar-refractivity contribution in [2.45, 2.75) is 19.9 Å². The Balaban J connectivity index is 2.53. The van der Waals surface area contributed by atoms with Crippen molar-refractivity contribution in [1.29, 1.82) is 0 Å². The minimum Gasteiger partial charge on any atom is -0.497 e. The zero-order valence-corrected chi connectivity index (χ0v) is 10.1. The van der Waals surface area contributed by atoms with Crippen molar-refractivity contribution in [2.24, 2.45) is 0 Å². The summed E-state index contributed by atoms with van der Waals surface area (Å²) in [5.74, 6) is 0.628. The van der Waals surface area contributed by atoms with E-state index in [-0.39, 0.29) is 5.78 Å². The second-order valence-corrected chi connectivity index (χ2v) is 3.66. The van der Waals surface area contributed by atoms with E-state index in [1.165, 1.54) is 6.92 Å². The molecule has 2 amide bonds. The van der Waals surface area contributed by atoms with Crippen LogP contribution in [0.1, 0.15) is 13.8 Å². The predicted octanol–water partition coefficient (Wildman–Crippen LogP) is 1.79. The Morgan fingerprint density at radius 2 is 1.82 bits per heavy atom. The van der Waals surface area contributed by atoms with Crippen molar-refractivity contribution >= 4 is 17.5 Å². The van der Waals surface area contributed by atoms with Gasteiger partial charge in [0.15, 0.2) is 5.78 Å². The molecule has 1 aromatic rings. The second kappa shape index (κ2) is 5.89. The van der Waals surface area contributed by atoms with Crippen LogP contribution in [-0.4, -0.2) is 25.0 Å². The molecule has 0 aromatic heterocycles. The molecule has 1 rings (SSSR count). The topological polar surface area (TPSA) is 67.4 Å². The molecule has 0 aliphatic heterocycles. The number of benzene rings is 1. The summed E-state index contributed by atoms with van der Waals surface area (Å²) < 4.78 is 5.00. The summed E-state index contributed by atoms with van der Waals surface area (Å²) in [6.07, 6.45) is 0. The summed E-state index contributed by atoms with van der Waals surface area (Å²) in [4.78, 5) is 22.4. The fraction of sp³-hybridized carbons (Fsp3) is 0.333. The van der Waals surface area contributed by atoms with E-state index in [1.807, 2.05) is 0 Å². The van der Waals surface area contributed by atoms with E-state index in [4.69, 9.17) is 4.74 Å². The largest absolute Gasteiger partial charge is 0.497 e. The number of hydrogen-bond donors (Lipinski definition) is 2. The van der Waals surface area contributed by atoms with Gasteiger partial charge in [-0.25, -0.2) is 4.79 Å². The highest BCUT2D eigenvalue weighted by molar-refractivity contribution is 5.93. The molecule has 17 heavy (non-hydrogen) atoms. The molecule has 5 nitrogen and oxygen atoms in total. The molecule has 0 radical (unpaired) electrons. The molecule has 92 valence electrons. The number of Topliss-reactive ketones (excluding diaryl/α,β-unsaturated/α-hetero) is 1. The highest BCUT2D eigenvalue weighted by atomic mass is 16.5. The van der Waals surface area contributed by atoms with Gasteiger partial charge in [-0.3, -0.25) is 4.79 Å². The fourth-order valence-electron chi connectivity index (χ4n) is 1.14. The second-order valence-electron chi connectivity index (χ2n) is 3.66. The van der Waals surface area contributed by atoms with Crippen LogP contribution in [0.4, 0.5) is 10.5 Å². The number of amides is 2. The maximum absolute atomic E-state index is 11.5. The van der Waals surface area contributed by atoms with Gasteiger partial charge in [-0.2, -0.15) is 0 Å². The van der Waals surface area contributed by atoms with Crippen molar-refractivity contribution < 1.29 is 14.3 Å². The molecule has 0 saturated heterocycles. The van der Waals surface area contributed by atoms with E-state index < -0.39 is 12.1 Å². The third-order valence-corrected chi connectivity index (χ3v) is 2.31. The van der Waals surface area contributed by atoms with Crippen molar-refractivity contribution in [3.05, 3.63) is 24.3 Å². The predicted molar refractivity (Wildman–Crippen MR) is 65.3 cm³/mol. The lowest BCUT2D eigenvalue weighted by atomic mass is 10.2. The number of hydrogen-bond acceptors (Lipinski definition) is 3. The zero-order chi connectivity index (χ0) is 12.8. The first-order chi connectivity index (χ1) is 8.02. The van der Waals surface area contributed by atoms with E-state index >= 15 is 0 Å². The van der Waals surface area contributed by atoms with Gasteiger partial charge in [0.2, 0.25) is 0 Å². The minimum absolute atomic E-state index is 0.0881. The lowest BCUT2D eigenvalue weighted by molar-refractivity contribution is -0.118. The Morgan fingerprint density at radius 1 is 1.24 bits per heavy atom. The molecule has 0 aliphatic rings. The van der Waals surface area contributed by atoms with Gasteiger partial charge in [-0.15, -0.1) is 0 Å². The van der Waals surface area contributed by atoms with Crippen LogP contribution >= 0.6 is 0 Å². The number of anilines is 1. The van der Waals surface area contributed by atoms with Crippen LogP contribution in [0.5, 0.6) is 5.75 Å². The van der Waals surface area contributed by atoms with Crippen LogP contribution in [-0.2, 0) is 4.79 Å². The SMILES string of the molecule is COc1ccc(NC(=O)NC(C)C(C)=O)cc1. The summed E-state index contributed by atoms with van der Waals surface area (Å²) in [6.45, 7) is 3.06. The Bertz CT molecular complexity index is 401. The first kappa shape index (κ1) is 13.0. The van der Waals surface area contributed by atoms with E-state index in [0.29, 0.717) is 11.4 Å². The average molecular weight is 236 g/mol. The number of nitrogens with one attached hydrogen (secondary N) is 2. The minimum atomic E-state index is -0.492. The molecular weight excluding hydrogens is 220 g/mol. The fourth-order valence-corrected chi connectivity index (χ4v) is 1.14. The summed E-state index contributed by atoms with van der Waals surface area (Å²) in [5, 5.41) is 5.15. The normalized spacial score (nSPS) is 11.5. The van der Waals surface area contributed by atoms with Crippen LogP contribution in [0, 0.1) is 0 Å². The number of rotatable bonds is 4. The number of ketones is 1. The Hall–Kier alpha value is -2.04. The van der Waals surface area contributed by atoms with Crippen LogP contribution < -0.4 is 15.4 Å². The first-order valence-corrected chi connectivity index (χ1v) is 5.25. The zero-order valence-electron chi connectivity index (χ0n) is 10.1. The van der Waals surface area contributed by atoms with Crippen LogP contribution in [0.3, 0.4) is 0 Å². The molecule has 2 N–H and O–H groups in total. The molecule has 1 aromatic carbocycles. The van der Waals surface area contributed by atoms with E-state index in [9.17, 15) is 9.59 Å². The molecular formula is C12H16N2O3. The summed E-state index contributed by atoms with van der Waals surface area (Å²) in [7, 11) is 1.57. The van der Waals surface area contributed by atoms with Gasteiger partial charge in [0.05, 0.1) is 13.2 Å². The van der Waals surface area contributed by atoms with Gasteiger partial charge < -0.3 is 15.4 Å². The Morgan fingerprint density at radius 3 is 2.29 bits per heavy atom. The Kier molecular flexibility index (Phi) is 4.51. The van der Waals surface area contributed by atoms with Gasteiger partial charge >= 0.3 is 6.03 Å². The van der Waals surface area contributed by atoms with E-state index in [0.717, 1.165) is 0 Å². The van der Waals surface area contributed by atoms with Crippen molar-refractivity contribution in [1.82, 2.24) is 5.32 Å². The number of carbonyl (C=O) groups excluding carboxylic acids is 2. The van der Waals surface area contributed by atoms with Crippen molar-refractivity contribution in [3.8, 4) is 5.75 Å². The Labute approximate surface area is 100 Å². The first-order valence-electron chi connectivity index (χ1n) is 5.25. The highest BCUT2D eigenvalue weighted by Gasteiger charge is 2.10. The number of ether oxygens (including phenoxy) is 1. The third-order valence-electron chi connectivity index (χ3n) is 2.31. The monoisotopic (exact) mass is 236 g/mol. The summed E-state index contributed by atoms with van der Waals surface area (Å²) >= 11 is 0. The van der Waals surface area contributed by atoms with E-state index in [2.05, 4.69) is 10.6 Å². The number of methoxy groups -OCH3 is 1. The van der Waals surface area contributed by atoms with Crippen LogP contribution in [0.15, 0.2) is 24.3 Å². The summed E-state index contributed by atoms with van der Waals surface area (Å²) in [6, 6.07) is 6.02. The lowest BCUT2D eigenvalue weighted by Gasteiger charge is -2.11.